The van der Waals surface area contributed by atoms with Gasteiger partial charge in [0.05, 0.1) is 6.20 Å². The van der Waals surface area contributed by atoms with Gasteiger partial charge >= 0.3 is 0 Å². The van der Waals surface area contributed by atoms with Crippen LogP contribution in [0.4, 0.5) is 0 Å². The molecule has 1 N–H and O–H groups in total. The zero-order valence-electron chi connectivity index (χ0n) is 6.00. The van der Waals surface area contributed by atoms with Crippen molar-refractivity contribution in [2.75, 3.05) is 0 Å². The van der Waals surface area contributed by atoms with Gasteiger partial charge in [0.15, 0.2) is 5.82 Å². The Morgan fingerprint density at radius 1 is 1.60 bits per heavy atom. The second kappa shape index (κ2) is 2.34. The highest BCUT2D eigenvalue weighted by atomic mass is 16.3. The van der Waals surface area contributed by atoms with E-state index in [9.17, 15) is 5.11 Å². The number of nitrogens with zero attached hydrogens (tertiary/aromatic N) is 2. The predicted molar refractivity (Wildman–Crippen MR) is 36.1 cm³/mol. The molecule has 1 radical (unpaired) electrons. The molecule has 0 spiro atoms. The minimum absolute atomic E-state index is 0.398. The van der Waals surface area contributed by atoms with Gasteiger partial charge in [0.2, 0.25) is 0 Å². The largest absolute Gasteiger partial charge is 0.382 e. The Balaban J connectivity index is 2.97. The van der Waals surface area contributed by atoms with E-state index in [1.54, 1.807) is 26.1 Å². The average molecular weight is 137 g/mol. The van der Waals surface area contributed by atoms with E-state index in [-0.39, 0.29) is 0 Å². The summed E-state index contributed by atoms with van der Waals surface area (Å²) in [4.78, 5) is 7.62. The first-order valence-corrected chi connectivity index (χ1v) is 3.02. The number of hydrogen-bond donors (Lipinski definition) is 1. The van der Waals surface area contributed by atoms with E-state index in [0.717, 1.165) is 0 Å². The van der Waals surface area contributed by atoms with Crippen LogP contribution in [0.5, 0.6) is 0 Å². The molecule has 0 saturated carbocycles. The molecule has 0 aromatic carbocycles. The molecule has 0 saturated heterocycles. The SMILES string of the molecule is CC(C)(O)c1n[c]ccn1. The molecule has 1 heterocycles. The second-order valence-electron chi connectivity index (χ2n) is 2.57. The third-order valence-electron chi connectivity index (χ3n) is 1.06. The van der Waals surface area contributed by atoms with Gasteiger partial charge in [-0.2, -0.15) is 0 Å². The number of aliphatic hydroxyl groups is 1. The summed E-state index contributed by atoms with van der Waals surface area (Å²) in [5.41, 5.74) is -0.961. The van der Waals surface area contributed by atoms with Crippen LogP contribution in [-0.4, -0.2) is 15.1 Å². The van der Waals surface area contributed by atoms with Gasteiger partial charge in [-0.25, -0.2) is 9.97 Å². The Hall–Kier alpha value is -0.960. The Morgan fingerprint density at radius 3 is 2.60 bits per heavy atom. The first-order valence-electron chi connectivity index (χ1n) is 3.02. The maximum Gasteiger partial charge on any atom is 0.160 e. The molecule has 10 heavy (non-hydrogen) atoms. The number of rotatable bonds is 1. The third kappa shape index (κ3) is 1.51. The van der Waals surface area contributed by atoms with Crippen molar-refractivity contribution in [3.63, 3.8) is 0 Å². The van der Waals surface area contributed by atoms with Crippen molar-refractivity contribution in [2.24, 2.45) is 0 Å². The lowest BCUT2D eigenvalue weighted by Gasteiger charge is -2.13. The van der Waals surface area contributed by atoms with Crippen LogP contribution in [0.25, 0.3) is 0 Å². The summed E-state index contributed by atoms with van der Waals surface area (Å²) in [6.07, 6.45) is 4.15. The number of aromatic nitrogens is 2. The number of hydrogen-bond acceptors (Lipinski definition) is 3. The zero-order chi connectivity index (χ0) is 7.61. The van der Waals surface area contributed by atoms with Gasteiger partial charge in [0.25, 0.3) is 0 Å². The van der Waals surface area contributed by atoms with E-state index < -0.39 is 5.60 Å². The minimum Gasteiger partial charge on any atom is -0.382 e. The smallest absolute Gasteiger partial charge is 0.160 e. The highest BCUT2D eigenvalue weighted by Crippen LogP contribution is 2.12. The molecule has 3 nitrogen and oxygen atoms in total. The van der Waals surface area contributed by atoms with E-state index in [2.05, 4.69) is 16.2 Å². The minimum atomic E-state index is -0.961. The molecular formula is C7H9N2O. The summed E-state index contributed by atoms with van der Waals surface area (Å²) in [5, 5.41) is 9.34. The third-order valence-corrected chi connectivity index (χ3v) is 1.06. The van der Waals surface area contributed by atoms with Crippen LogP contribution in [0.2, 0.25) is 0 Å². The van der Waals surface area contributed by atoms with E-state index in [1.807, 2.05) is 0 Å². The van der Waals surface area contributed by atoms with Gasteiger partial charge < -0.3 is 5.11 Å². The van der Waals surface area contributed by atoms with Crippen molar-refractivity contribution in [3.05, 3.63) is 24.3 Å². The Bertz CT molecular complexity index is 203. The second-order valence-corrected chi connectivity index (χ2v) is 2.57. The predicted octanol–water partition coefficient (Wildman–Crippen LogP) is 0.504. The molecule has 0 aliphatic heterocycles. The molecular weight excluding hydrogens is 128 g/mol. The molecule has 0 aliphatic carbocycles. The van der Waals surface area contributed by atoms with Gasteiger partial charge in [-0.05, 0) is 19.9 Å². The van der Waals surface area contributed by atoms with Gasteiger partial charge in [0, 0.05) is 6.20 Å². The molecule has 0 atom stereocenters. The van der Waals surface area contributed by atoms with Gasteiger partial charge in [-0.15, -0.1) is 0 Å². The normalized spacial score (nSPS) is 11.5. The van der Waals surface area contributed by atoms with Crippen molar-refractivity contribution < 1.29 is 5.11 Å². The first kappa shape index (κ1) is 7.15. The maximum absolute atomic E-state index is 9.34. The van der Waals surface area contributed by atoms with Crippen molar-refractivity contribution in [2.45, 2.75) is 19.4 Å². The molecule has 3 heteroatoms. The molecule has 1 aromatic rings. The quantitative estimate of drug-likeness (QED) is 0.613. The monoisotopic (exact) mass is 137 g/mol. The van der Waals surface area contributed by atoms with Crippen LogP contribution in [-0.2, 0) is 5.60 Å². The Kier molecular flexibility index (Phi) is 1.68. The molecule has 0 unspecified atom stereocenters. The fourth-order valence-corrected chi connectivity index (χ4v) is 0.563. The van der Waals surface area contributed by atoms with Gasteiger partial charge in [-0.1, -0.05) is 0 Å². The summed E-state index contributed by atoms with van der Waals surface area (Å²) in [6.45, 7) is 3.27. The summed E-state index contributed by atoms with van der Waals surface area (Å²) >= 11 is 0. The maximum atomic E-state index is 9.34. The zero-order valence-corrected chi connectivity index (χ0v) is 6.00. The lowest BCUT2D eigenvalue weighted by molar-refractivity contribution is 0.0686. The van der Waals surface area contributed by atoms with Crippen molar-refractivity contribution in [3.8, 4) is 0 Å². The summed E-state index contributed by atoms with van der Waals surface area (Å²) in [6, 6.07) is 1.59. The molecule has 53 valence electrons. The summed E-state index contributed by atoms with van der Waals surface area (Å²) in [5.74, 6) is 0.398. The van der Waals surface area contributed by atoms with Crippen LogP contribution in [0.3, 0.4) is 0 Å². The highest BCUT2D eigenvalue weighted by molar-refractivity contribution is 4.96. The fraction of sp³-hybridized carbons (Fsp3) is 0.429. The molecule has 1 rings (SSSR count). The molecule has 0 fully saturated rings. The van der Waals surface area contributed by atoms with Crippen molar-refractivity contribution in [1.82, 2.24) is 9.97 Å². The first-order chi connectivity index (χ1) is 4.61. The van der Waals surface area contributed by atoms with Gasteiger partial charge in [0.1, 0.15) is 5.60 Å². The summed E-state index contributed by atoms with van der Waals surface area (Å²) < 4.78 is 0. The van der Waals surface area contributed by atoms with E-state index in [1.165, 1.54) is 0 Å². The molecule has 1 aromatic heterocycles. The van der Waals surface area contributed by atoms with Crippen molar-refractivity contribution in [1.29, 1.82) is 0 Å². The Morgan fingerprint density at radius 2 is 2.30 bits per heavy atom. The standard InChI is InChI=1S/C7H9N2O/c1-7(2,10)6-8-4-3-5-9-6/h3-4,10H,1-2H3. The van der Waals surface area contributed by atoms with Crippen LogP contribution in [0.15, 0.2) is 12.3 Å². The lowest BCUT2D eigenvalue weighted by atomic mass is 10.1. The van der Waals surface area contributed by atoms with E-state index in [0.29, 0.717) is 5.82 Å². The summed E-state index contributed by atoms with van der Waals surface area (Å²) in [7, 11) is 0. The van der Waals surface area contributed by atoms with E-state index >= 15 is 0 Å². The fourth-order valence-electron chi connectivity index (χ4n) is 0.563. The van der Waals surface area contributed by atoms with Crippen LogP contribution in [0.1, 0.15) is 19.7 Å². The van der Waals surface area contributed by atoms with Gasteiger partial charge in [-0.3, -0.25) is 0 Å². The van der Waals surface area contributed by atoms with Crippen LogP contribution >= 0.6 is 0 Å². The Labute approximate surface area is 59.8 Å². The molecule has 0 aliphatic rings. The van der Waals surface area contributed by atoms with E-state index in [4.69, 9.17) is 0 Å². The average Bonchev–Trinajstić information content (AvgIpc) is 1.88. The molecule has 0 bridgehead atoms. The molecule has 0 amide bonds. The van der Waals surface area contributed by atoms with Crippen molar-refractivity contribution >= 4 is 0 Å². The topological polar surface area (TPSA) is 46.0 Å². The lowest BCUT2D eigenvalue weighted by Crippen LogP contribution is -2.18. The van der Waals surface area contributed by atoms with Crippen LogP contribution in [0, 0.1) is 6.20 Å². The van der Waals surface area contributed by atoms with Crippen LogP contribution < -0.4 is 0 Å². The highest BCUT2D eigenvalue weighted by Gasteiger charge is 2.17.